The molecule has 5 nitrogen and oxygen atoms in total. The molecule has 142 valence electrons. The molecule has 0 spiro atoms. The molecule has 0 aromatic heterocycles. The number of carbonyl (C=O) groups is 1. The zero-order chi connectivity index (χ0) is 17.5. The largest absolute Gasteiger partial charge is 0.466 e. The highest BCUT2D eigenvalue weighted by Gasteiger charge is 2.01. The van der Waals surface area contributed by atoms with Gasteiger partial charge in [0.15, 0.2) is 5.96 Å². The lowest BCUT2D eigenvalue weighted by atomic mass is 10.1. The SMILES string of the molecule is CCOC(=O)CCCCCCNC(=NC)NCCc1ccccc1.I. The van der Waals surface area contributed by atoms with E-state index in [9.17, 15) is 4.79 Å². The highest BCUT2D eigenvalue weighted by atomic mass is 127. The van der Waals surface area contributed by atoms with Crippen LogP contribution in [-0.2, 0) is 16.0 Å². The van der Waals surface area contributed by atoms with Crippen molar-refractivity contribution >= 4 is 35.9 Å². The van der Waals surface area contributed by atoms with Crippen LogP contribution in [-0.4, -0.2) is 38.7 Å². The van der Waals surface area contributed by atoms with E-state index >= 15 is 0 Å². The Hall–Kier alpha value is -1.31. The van der Waals surface area contributed by atoms with Gasteiger partial charge in [0.1, 0.15) is 0 Å². The van der Waals surface area contributed by atoms with E-state index in [4.69, 9.17) is 4.74 Å². The summed E-state index contributed by atoms with van der Waals surface area (Å²) in [4.78, 5) is 15.4. The lowest BCUT2D eigenvalue weighted by Gasteiger charge is -2.11. The number of nitrogens with one attached hydrogen (secondary N) is 2. The Balaban J connectivity index is 0.00000576. The number of nitrogens with zero attached hydrogens (tertiary/aromatic N) is 1. The number of unbranched alkanes of at least 4 members (excludes halogenated alkanes) is 3. The predicted molar refractivity (Wildman–Crippen MR) is 115 cm³/mol. The first-order chi connectivity index (χ1) is 11.8. The number of ether oxygens (including phenoxy) is 1. The Bertz CT molecular complexity index is 481. The molecule has 0 aliphatic rings. The molecule has 0 unspecified atom stereocenters. The molecule has 0 amide bonds. The Morgan fingerprint density at radius 1 is 1.04 bits per heavy atom. The van der Waals surface area contributed by atoms with Crippen molar-refractivity contribution in [2.24, 2.45) is 4.99 Å². The van der Waals surface area contributed by atoms with Gasteiger partial charge in [0.2, 0.25) is 0 Å². The molecule has 1 aromatic rings. The summed E-state index contributed by atoms with van der Waals surface area (Å²) >= 11 is 0. The molecule has 0 aliphatic heterocycles. The van der Waals surface area contributed by atoms with Crippen LogP contribution < -0.4 is 10.6 Å². The van der Waals surface area contributed by atoms with Gasteiger partial charge in [0.05, 0.1) is 6.61 Å². The second kappa shape index (κ2) is 16.2. The minimum absolute atomic E-state index is 0. The van der Waals surface area contributed by atoms with Gasteiger partial charge in [-0.15, -0.1) is 24.0 Å². The first-order valence-corrected chi connectivity index (χ1v) is 8.90. The van der Waals surface area contributed by atoms with Crippen LogP contribution in [0.4, 0.5) is 0 Å². The highest BCUT2D eigenvalue weighted by molar-refractivity contribution is 14.0. The number of benzene rings is 1. The Labute approximate surface area is 169 Å². The quantitative estimate of drug-likeness (QED) is 0.174. The second-order valence-corrected chi connectivity index (χ2v) is 5.63. The number of aliphatic imine (C=N–C) groups is 1. The summed E-state index contributed by atoms with van der Waals surface area (Å²) in [6, 6.07) is 10.4. The standard InChI is InChI=1S/C19H31N3O2.HI/c1-3-24-18(23)13-9-4-5-10-15-21-19(20-2)22-16-14-17-11-7-6-8-12-17;/h6-8,11-12H,3-5,9-10,13-16H2,1-2H3,(H2,20,21,22);1H. The summed E-state index contributed by atoms with van der Waals surface area (Å²) in [5, 5.41) is 6.65. The van der Waals surface area contributed by atoms with Gasteiger partial charge in [-0.25, -0.2) is 0 Å². The molecule has 1 rings (SSSR count). The van der Waals surface area contributed by atoms with Crippen LogP contribution in [0, 0.1) is 0 Å². The van der Waals surface area contributed by atoms with E-state index in [0.717, 1.165) is 51.2 Å². The first-order valence-electron chi connectivity index (χ1n) is 8.90. The summed E-state index contributed by atoms with van der Waals surface area (Å²) in [5.41, 5.74) is 1.32. The van der Waals surface area contributed by atoms with Crippen molar-refractivity contribution in [3.8, 4) is 0 Å². The van der Waals surface area contributed by atoms with Crippen molar-refractivity contribution in [2.75, 3.05) is 26.7 Å². The topological polar surface area (TPSA) is 62.7 Å². The average molecular weight is 461 g/mol. The predicted octanol–water partition coefficient (Wildman–Crippen LogP) is 3.53. The lowest BCUT2D eigenvalue weighted by Crippen LogP contribution is -2.38. The van der Waals surface area contributed by atoms with E-state index in [0.29, 0.717) is 13.0 Å². The Morgan fingerprint density at radius 3 is 2.40 bits per heavy atom. The minimum atomic E-state index is -0.0846. The summed E-state index contributed by atoms with van der Waals surface area (Å²) in [7, 11) is 1.79. The molecular weight excluding hydrogens is 429 g/mol. The fourth-order valence-corrected chi connectivity index (χ4v) is 2.38. The van der Waals surface area contributed by atoms with Gasteiger partial charge < -0.3 is 15.4 Å². The number of halogens is 1. The van der Waals surface area contributed by atoms with Gasteiger partial charge in [0, 0.05) is 26.6 Å². The zero-order valence-electron chi connectivity index (χ0n) is 15.4. The van der Waals surface area contributed by atoms with Crippen LogP contribution in [0.3, 0.4) is 0 Å². The van der Waals surface area contributed by atoms with Crippen LogP contribution in [0.2, 0.25) is 0 Å². The smallest absolute Gasteiger partial charge is 0.305 e. The molecule has 0 saturated carbocycles. The van der Waals surface area contributed by atoms with Gasteiger partial charge in [-0.3, -0.25) is 9.79 Å². The number of carbonyl (C=O) groups excluding carboxylic acids is 1. The van der Waals surface area contributed by atoms with Crippen LogP contribution in [0.5, 0.6) is 0 Å². The molecule has 0 aliphatic carbocycles. The van der Waals surface area contributed by atoms with Gasteiger partial charge in [-0.1, -0.05) is 43.2 Å². The third-order valence-electron chi connectivity index (χ3n) is 3.68. The van der Waals surface area contributed by atoms with Crippen LogP contribution in [0.1, 0.15) is 44.6 Å². The summed E-state index contributed by atoms with van der Waals surface area (Å²) in [6.45, 7) is 4.07. The maximum atomic E-state index is 11.2. The van der Waals surface area contributed by atoms with E-state index in [1.165, 1.54) is 5.56 Å². The third kappa shape index (κ3) is 12.7. The van der Waals surface area contributed by atoms with Crippen LogP contribution in [0.25, 0.3) is 0 Å². The fourth-order valence-electron chi connectivity index (χ4n) is 2.38. The lowest BCUT2D eigenvalue weighted by molar-refractivity contribution is -0.143. The molecule has 25 heavy (non-hydrogen) atoms. The van der Waals surface area contributed by atoms with E-state index in [1.807, 2.05) is 13.0 Å². The summed E-state index contributed by atoms with van der Waals surface area (Å²) in [5.74, 6) is 0.760. The summed E-state index contributed by atoms with van der Waals surface area (Å²) in [6.07, 6.45) is 5.65. The molecule has 0 heterocycles. The second-order valence-electron chi connectivity index (χ2n) is 5.63. The monoisotopic (exact) mass is 461 g/mol. The van der Waals surface area contributed by atoms with Crippen molar-refractivity contribution in [3.05, 3.63) is 35.9 Å². The van der Waals surface area contributed by atoms with Crippen LogP contribution in [0.15, 0.2) is 35.3 Å². The van der Waals surface area contributed by atoms with E-state index < -0.39 is 0 Å². The van der Waals surface area contributed by atoms with E-state index in [1.54, 1.807) is 7.05 Å². The molecule has 0 radical (unpaired) electrons. The molecule has 1 aromatic carbocycles. The number of hydrogen-bond donors (Lipinski definition) is 2. The van der Waals surface area contributed by atoms with Gasteiger partial charge >= 0.3 is 5.97 Å². The fraction of sp³-hybridized carbons (Fsp3) is 0.579. The highest BCUT2D eigenvalue weighted by Crippen LogP contribution is 2.03. The number of guanidine groups is 1. The maximum absolute atomic E-state index is 11.2. The van der Waals surface area contributed by atoms with E-state index in [2.05, 4.69) is 39.9 Å². The molecule has 0 saturated heterocycles. The average Bonchev–Trinajstić information content (AvgIpc) is 2.60. The van der Waals surface area contributed by atoms with Crippen molar-refractivity contribution in [2.45, 2.75) is 45.4 Å². The minimum Gasteiger partial charge on any atom is -0.466 e. The van der Waals surface area contributed by atoms with Crippen molar-refractivity contribution in [3.63, 3.8) is 0 Å². The zero-order valence-corrected chi connectivity index (χ0v) is 17.8. The van der Waals surface area contributed by atoms with Crippen molar-refractivity contribution < 1.29 is 9.53 Å². The van der Waals surface area contributed by atoms with Crippen molar-refractivity contribution in [1.82, 2.24) is 10.6 Å². The van der Waals surface area contributed by atoms with Gasteiger partial charge in [-0.2, -0.15) is 0 Å². The van der Waals surface area contributed by atoms with Gasteiger partial charge in [0.25, 0.3) is 0 Å². The first kappa shape index (κ1) is 23.7. The molecule has 2 N–H and O–H groups in total. The number of esters is 1. The van der Waals surface area contributed by atoms with Crippen LogP contribution >= 0.6 is 24.0 Å². The normalized spacial score (nSPS) is 10.7. The Kier molecular flexibility index (Phi) is 15.3. The van der Waals surface area contributed by atoms with Gasteiger partial charge in [-0.05, 0) is 31.7 Å². The molecular formula is C19H32IN3O2. The maximum Gasteiger partial charge on any atom is 0.305 e. The van der Waals surface area contributed by atoms with E-state index in [-0.39, 0.29) is 29.9 Å². The molecule has 6 heteroatoms. The molecule has 0 atom stereocenters. The third-order valence-corrected chi connectivity index (χ3v) is 3.68. The number of rotatable bonds is 11. The Morgan fingerprint density at radius 2 is 1.72 bits per heavy atom. The van der Waals surface area contributed by atoms with Crippen molar-refractivity contribution in [1.29, 1.82) is 0 Å². The molecule has 0 bridgehead atoms. The number of hydrogen-bond acceptors (Lipinski definition) is 3. The molecule has 0 fully saturated rings. The summed E-state index contributed by atoms with van der Waals surface area (Å²) < 4.78 is 4.91.